The fourth-order valence-electron chi connectivity index (χ4n) is 1.95. The van der Waals surface area contributed by atoms with Crippen LogP contribution in [-0.2, 0) is 9.53 Å². The van der Waals surface area contributed by atoms with Crippen LogP contribution in [0, 0.1) is 0 Å². The minimum Gasteiger partial charge on any atom is -0.480 e. The highest BCUT2D eigenvalue weighted by Gasteiger charge is 2.42. The third-order valence-electron chi connectivity index (χ3n) is 3.11. The third-order valence-corrected chi connectivity index (χ3v) is 3.41. The van der Waals surface area contributed by atoms with Crippen molar-refractivity contribution in [3.63, 3.8) is 0 Å². The van der Waals surface area contributed by atoms with E-state index >= 15 is 0 Å². The highest BCUT2D eigenvalue weighted by Crippen LogP contribution is 2.22. The zero-order valence-corrected chi connectivity index (χ0v) is 10.8. The molecule has 2 rings (SSSR count). The van der Waals surface area contributed by atoms with Crippen molar-refractivity contribution >= 4 is 23.5 Å². The van der Waals surface area contributed by atoms with Crippen LogP contribution in [0.2, 0.25) is 5.15 Å². The number of carboxylic acid groups (broad SMARTS) is 1. The Labute approximate surface area is 114 Å². The minimum atomic E-state index is -1.30. The zero-order chi connectivity index (χ0) is 13.9. The fourth-order valence-corrected chi connectivity index (χ4v) is 2.16. The first-order valence-corrected chi connectivity index (χ1v) is 6.17. The summed E-state index contributed by atoms with van der Waals surface area (Å²) in [7, 11) is 0. The molecule has 1 aromatic rings. The van der Waals surface area contributed by atoms with Crippen LogP contribution in [0.3, 0.4) is 0 Å². The number of hydrogen-bond donors (Lipinski definition) is 2. The summed E-state index contributed by atoms with van der Waals surface area (Å²) in [5, 5.41) is 11.9. The SMILES string of the molecule is O=C(NC1(C(=O)O)CCOCC1)c1cccnc1Cl. The topological polar surface area (TPSA) is 88.5 Å². The van der Waals surface area contributed by atoms with Crippen LogP contribution in [0.25, 0.3) is 0 Å². The van der Waals surface area contributed by atoms with Crippen LogP contribution >= 0.6 is 11.6 Å². The van der Waals surface area contributed by atoms with Crippen LogP contribution in [0.5, 0.6) is 0 Å². The fraction of sp³-hybridized carbons (Fsp3) is 0.417. The number of aliphatic carboxylic acids is 1. The van der Waals surface area contributed by atoms with Gasteiger partial charge in [0.05, 0.1) is 5.56 Å². The molecule has 0 saturated carbocycles. The quantitative estimate of drug-likeness (QED) is 0.812. The molecule has 1 aliphatic rings. The summed E-state index contributed by atoms with van der Waals surface area (Å²) in [5.41, 5.74) is -1.13. The summed E-state index contributed by atoms with van der Waals surface area (Å²) in [6, 6.07) is 3.07. The molecule has 1 aliphatic heterocycles. The smallest absolute Gasteiger partial charge is 0.329 e. The van der Waals surface area contributed by atoms with Crippen molar-refractivity contribution in [3.8, 4) is 0 Å². The molecule has 0 aliphatic carbocycles. The van der Waals surface area contributed by atoms with Gasteiger partial charge in [-0.2, -0.15) is 0 Å². The summed E-state index contributed by atoms with van der Waals surface area (Å²) in [5.74, 6) is -1.61. The van der Waals surface area contributed by atoms with E-state index in [9.17, 15) is 14.7 Å². The molecule has 0 bridgehead atoms. The van der Waals surface area contributed by atoms with Gasteiger partial charge in [-0.1, -0.05) is 11.6 Å². The molecular weight excluding hydrogens is 272 g/mol. The van der Waals surface area contributed by atoms with E-state index in [1.54, 1.807) is 6.07 Å². The van der Waals surface area contributed by atoms with Crippen molar-refractivity contribution in [1.82, 2.24) is 10.3 Å². The summed E-state index contributed by atoms with van der Waals surface area (Å²) in [4.78, 5) is 27.3. The van der Waals surface area contributed by atoms with Gasteiger partial charge in [0, 0.05) is 32.3 Å². The average Bonchev–Trinajstić information content (AvgIpc) is 2.40. The number of rotatable bonds is 3. The van der Waals surface area contributed by atoms with E-state index in [2.05, 4.69) is 10.3 Å². The molecule has 0 spiro atoms. The lowest BCUT2D eigenvalue weighted by molar-refractivity contribution is -0.148. The Morgan fingerprint density at radius 3 is 2.68 bits per heavy atom. The standard InChI is InChI=1S/C12H13ClN2O4/c13-9-8(2-1-5-14-9)10(16)15-12(11(17)18)3-6-19-7-4-12/h1-2,5H,3-4,6-7H2,(H,15,16)(H,17,18). The van der Waals surface area contributed by atoms with E-state index in [0.29, 0.717) is 13.2 Å². The lowest BCUT2D eigenvalue weighted by atomic mass is 9.90. The van der Waals surface area contributed by atoms with E-state index in [1.165, 1.54) is 12.3 Å². The van der Waals surface area contributed by atoms with Gasteiger partial charge in [-0.15, -0.1) is 0 Å². The van der Waals surface area contributed by atoms with Crippen molar-refractivity contribution in [2.75, 3.05) is 13.2 Å². The summed E-state index contributed by atoms with van der Waals surface area (Å²) >= 11 is 5.82. The van der Waals surface area contributed by atoms with Crippen molar-refractivity contribution in [1.29, 1.82) is 0 Å². The van der Waals surface area contributed by atoms with Gasteiger partial charge in [0.25, 0.3) is 5.91 Å². The monoisotopic (exact) mass is 284 g/mol. The lowest BCUT2D eigenvalue weighted by Crippen LogP contribution is -2.57. The zero-order valence-electron chi connectivity index (χ0n) is 10.1. The number of nitrogens with zero attached hydrogens (tertiary/aromatic N) is 1. The van der Waals surface area contributed by atoms with Crippen LogP contribution in [-0.4, -0.2) is 40.7 Å². The van der Waals surface area contributed by atoms with E-state index < -0.39 is 17.4 Å². The van der Waals surface area contributed by atoms with Crippen LogP contribution in [0.1, 0.15) is 23.2 Å². The molecule has 19 heavy (non-hydrogen) atoms. The maximum absolute atomic E-state index is 12.1. The maximum atomic E-state index is 12.1. The van der Waals surface area contributed by atoms with Crippen molar-refractivity contribution in [3.05, 3.63) is 29.0 Å². The van der Waals surface area contributed by atoms with Crippen molar-refractivity contribution < 1.29 is 19.4 Å². The number of nitrogens with one attached hydrogen (secondary N) is 1. The molecule has 102 valence electrons. The Bertz CT molecular complexity index is 500. The molecule has 1 amide bonds. The molecule has 6 nitrogen and oxygen atoms in total. The van der Waals surface area contributed by atoms with Gasteiger partial charge >= 0.3 is 5.97 Å². The highest BCUT2D eigenvalue weighted by molar-refractivity contribution is 6.32. The molecule has 2 N–H and O–H groups in total. The largest absolute Gasteiger partial charge is 0.480 e. The molecule has 1 aromatic heterocycles. The minimum absolute atomic E-state index is 0.0487. The Hall–Kier alpha value is -1.66. The van der Waals surface area contributed by atoms with Gasteiger partial charge in [-0.25, -0.2) is 9.78 Å². The molecule has 0 unspecified atom stereocenters. The van der Waals surface area contributed by atoms with Crippen molar-refractivity contribution in [2.45, 2.75) is 18.4 Å². The van der Waals surface area contributed by atoms with E-state index in [1.807, 2.05) is 0 Å². The normalized spacial score (nSPS) is 17.7. The van der Waals surface area contributed by atoms with Crippen LogP contribution in [0.15, 0.2) is 18.3 Å². The van der Waals surface area contributed by atoms with Gasteiger partial charge < -0.3 is 15.2 Å². The van der Waals surface area contributed by atoms with Gasteiger partial charge in [-0.05, 0) is 12.1 Å². The van der Waals surface area contributed by atoms with Crippen molar-refractivity contribution in [2.24, 2.45) is 0 Å². The molecule has 0 atom stereocenters. The van der Waals surface area contributed by atoms with Gasteiger partial charge in [-0.3, -0.25) is 4.79 Å². The second-order valence-electron chi connectivity index (χ2n) is 4.30. The van der Waals surface area contributed by atoms with Gasteiger partial charge in [0.15, 0.2) is 0 Å². The predicted molar refractivity (Wildman–Crippen MR) is 67.1 cm³/mol. The number of pyridine rings is 1. The van der Waals surface area contributed by atoms with Gasteiger partial charge in [0.2, 0.25) is 0 Å². The Balaban J connectivity index is 2.20. The predicted octanol–water partition coefficient (Wildman–Crippen LogP) is 1.10. The first kappa shape index (κ1) is 13.8. The Morgan fingerprint density at radius 1 is 1.42 bits per heavy atom. The van der Waals surface area contributed by atoms with E-state index in [0.717, 1.165) is 0 Å². The first-order valence-electron chi connectivity index (χ1n) is 5.79. The number of carboxylic acids is 1. The van der Waals surface area contributed by atoms with E-state index in [4.69, 9.17) is 16.3 Å². The number of halogens is 1. The molecule has 1 saturated heterocycles. The molecule has 0 aromatic carbocycles. The average molecular weight is 285 g/mol. The summed E-state index contributed by atoms with van der Waals surface area (Å²) < 4.78 is 5.13. The summed E-state index contributed by atoms with van der Waals surface area (Å²) in [6.45, 7) is 0.598. The Kier molecular flexibility index (Phi) is 4.01. The number of hydrogen-bond acceptors (Lipinski definition) is 4. The molecular formula is C12H13ClN2O4. The van der Waals surface area contributed by atoms with E-state index in [-0.39, 0.29) is 23.6 Å². The number of carbonyl (C=O) groups excluding carboxylic acids is 1. The Morgan fingerprint density at radius 2 is 2.11 bits per heavy atom. The maximum Gasteiger partial charge on any atom is 0.329 e. The van der Waals surface area contributed by atoms with Gasteiger partial charge in [0.1, 0.15) is 10.7 Å². The second-order valence-corrected chi connectivity index (χ2v) is 4.65. The first-order chi connectivity index (χ1) is 9.05. The lowest BCUT2D eigenvalue weighted by Gasteiger charge is -2.33. The highest BCUT2D eigenvalue weighted by atomic mass is 35.5. The molecule has 1 fully saturated rings. The number of amides is 1. The van der Waals surface area contributed by atoms with Crippen LogP contribution < -0.4 is 5.32 Å². The number of aromatic nitrogens is 1. The number of ether oxygens (including phenoxy) is 1. The number of carbonyl (C=O) groups is 2. The molecule has 0 radical (unpaired) electrons. The molecule has 2 heterocycles. The third kappa shape index (κ3) is 2.85. The second kappa shape index (κ2) is 5.54. The van der Waals surface area contributed by atoms with Crippen LogP contribution in [0.4, 0.5) is 0 Å². The summed E-state index contributed by atoms with van der Waals surface area (Å²) in [6.07, 6.45) is 1.92. The molecule has 7 heteroatoms.